The predicted molar refractivity (Wildman–Crippen MR) is 93.6 cm³/mol. The first-order valence-corrected chi connectivity index (χ1v) is 9.58. The van der Waals surface area contributed by atoms with E-state index in [1.54, 1.807) is 23.1 Å². The Morgan fingerprint density at radius 3 is 2.25 bits per heavy atom. The number of nitrogens with zero attached hydrogens (tertiary/aromatic N) is 1. The lowest BCUT2D eigenvalue weighted by Crippen LogP contribution is -2.38. The summed E-state index contributed by atoms with van der Waals surface area (Å²) in [5.74, 6) is 0.274. The summed E-state index contributed by atoms with van der Waals surface area (Å²) < 4.78 is 33.7. The number of rotatable bonds is 8. The van der Waals surface area contributed by atoms with Crippen LogP contribution < -0.4 is 8.92 Å². The summed E-state index contributed by atoms with van der Waals surface area (Å²) in [6.07, 6.45) is 0. The van der Waals surface area contributed by atoms with Gasteiger partial charge >= 0.3 is 10.1 Å². The molecule has 0 bridgehead atoms. The van der Waals surface area contributed by atoms with Crippen LogP contribution >= 0.6 is 0 Å². The average molecular weight is 357 g/mol. The highest BCUT2D eigenvalue weighted by Crippen LogP contribution is 2.30. The summed E-state index contributed by atoms with van der Waals surface area (Å²) in [4.78, 5) is 14.1. The van der Waals surface area contributed by atoms with Crippen LogP contribution in [0.4, 0.5) is 0 Å². The highest BCUT2D eigenvalue weighted by Gasteiger charge is 2.21. The Morgan fingerprint density at radius 2 is 1.79 bits per heavy atom. The number of carbonyl (C=O) groups excluding carboxylic acids is 1. The molecule has 0 aliphatic rings. The van der Waals surface area contributed by atoms with Crippen LogP contribution in [0, 0.1) is 5.92 Å². The fourth-order valence-corrected chi connectivity index (χ4v) is 2.65. The van der Waals surface area contributed by atoms with Gasteiger partial charge in [-0.05, 0) is 38.5 Å². The molecule has 0 spiro atoms. The van der Waals surface area contributed by atoms with Crippen molar-refractivity contribution in [2.24, 2.45) is 5.92 Å². The lowest BCUT2D eigenvalue weighted by Gasteiger charge is -2.29. The fourth-order valence-electron chi connectivity index (χ4n) is 2.12. The maximum Gasteiger partial charge on any atom is 0.309 e. The Balaban J connectivity index is 3.14. The third-order valence-electron chi connectivity index (χ3n) is 3.55. The van der Waals surface area contributed by atoms with Gasteiger partial charge in [0.15, 0.2) is 11.5 Å². The van der Waals surface area contributed by atoms with Crippen molar-refractivity contribution in [1.29, 1.82) is 0 Å². The summed E-state index contributed by atoms with van der Waals surface area (Å²) in [7, 11) is -2.21. The van der Waals surface area contributed by atoms with E-state index in [9.17, 15) is 13.2 Å². The van der Waals surface area contributed by atoms with Crippen molar-refractivity contribution in [1.82, 2.24) is 4.90 Å². The van der Waals surface area contributed by atoms with Gasteiger partial charge in [0.05, 0.1) is 12.9 Å². The molecule has 0 fully saturated rings. The van der Waals surface area contributed by atoms with Gasteiger partial charge in [0.1, 0.15) is 0 Å². The quantitative estimate of drug-likeness (QED) is 0.669. The van der Waals surface area contributed by atoms with E-state index < -0.39 is 10.1 Å². The highest BCUT2D eigenvalue weighted by molar-refractivity contribution is 7.87. The Hall–Kier alpha value is -1.76. The Kier molecular flexibility index (Phi) is 7.08. The number of hydrogen-bond acceptors (Lipinski definition) is 5. The van der Waals surface area contributed by atoms with E-state index in [0.717, 1.165) is 5.56 Å². The standard InChI is InChI=1S/C17H27NO5S/c1-7-24(20,21)23-16-10-14(8-9-15(16)22-6)11-18(13(4)5)17(19)12(2)3/h8-10,12-13H,7,11H2,1-6H3. The molecule has 0 aliphatic carbocycles. The summed E-state index contributed by atoms with van der Waals surface area (Å²) in [5.41, 5.74) is 0.778. The highest BCUT2D eigenvalue weighted by atomic mass is 32.2. The summed E-state index contributed by atoms with van der Waals surface area (Å²) in [6, 6.07) is 5.09. The van der Waals surface area contributed by atoms with Crippen LogP contribution in [0.3, 0.4) is 0 Å². The van der Waals surface area contributed by atoms with E-state index in [1.165, 1.54) is 14.0 Å². The molecule has 6 nitrogen and oxygen atoms in total. The smallest absolute Gasteiger partial charge is 0.309 e. The van der Waals surface area contributed by atoms with Crippen LogP contribution in [0.1, 0.15) is 40.2 Å². The molecule has 0 aromatic heterocycles. The zero-order valence-electron chi connectivity index (χ0n) is 15.2. The van der Waals surface area contributed by atoms with Crippen LogP contribution in [-0.4, -0.2) is 38.1 Å². The molecular formula is C17H27NO5S. The largest absolute Gasteiger partial charge is 0.493 e. The molecule has 0 saturated carbocycles. The molecule has 0 heterocycles. The number of ether oxygens (including phenoxy) is 1. The van der Waals surface area contributed by atoms with E-state index >= 15 is 0 Å². The first kappa shape index (κ1) is 20.3. The molecule has 0 saturated heterocycles. The molecule has 136 valence electrons. The van der Waals surface area contributed by atoms with Crippen molar-refractivity contribution in [3.05, 3.63) is 23.8 Å². The second kappa shape index (κ2) is 8.37. The first-order valence-electron chi connectivity index (χ1n) is 8.00. The van der Waals surface area contributed by atoms with Crippen molar-refractivity contribution in [2.45, 2.75) is 47.2 Å². The van der Waals surface area contributed by atoms with Crippen LogP contribution in [0.5, 0.6) is 11.5 Å². The SMILES string of the molecule is CCS(=O)(=O)Oc1cc(CN(C(=O)C(C)C)C(C)C)ccc1OC. The van der Waals surface area contributed by atoms with Gasteiger partial charge in [0, 0.05) is 18.5 Å². The average Bonchev–Trinajstić information content (AvgIpc) is 2.51. The maximum atomic E-state index is 12.3. The van der Waals surface area contributed by atoms with Crippen molar-refractivity contribution < 1.29 is 22.1 Å². The number of benzene rings is 1. The molecule has 7 heteroatoms. The maximum absolute atomic E-state index is 12.3. The van der Waals surface area contributed by atoms with Gasteiger partial charge in [-0.25, -0.2) is 0 Å². The normalized spacial score (nSPS) is 11.7. The molecule has 1 amide bonds. The van der Waals surface area contributed by atoms with Gasteiger partial charge in [-0.15, -0.1) is 0 Å². The van der Waals surface area contributed by atoms with Crippen LogP contribution in [0.15, 0.2) is 18.2 Å². The lowest BCUT2D eigenvalue weighted by molar-refractivity contribution is -0.136. The number of methoxy groups -OCH3 is 1. The van der Waals surface area contributed by atoms with Crippen LogP contribution in [0.2, 0.25) is 0 Å². The van der Waals surface area contributed by atoms with Crippen molar-refractivity contribution >= 4 is 16.0 Å². The minimum absolute atomic E-state index is 0.0331. The topological polar surface area (TPSA) is 72.9 Å². The molecular weight excluding hydrogens is 330 g/mol. The van der Waals surface area contributed by atoms with E-state index in [0.29, 0.717) is 12.3 Å². The van der Waals surface area contributed by atoms with Crippen LogP contribution in [0.25, 0.3) is 0 Å². The second-order valence-electron chi connectivity index (χ2n) is 6.13. The molecule has 0 unspecified atom stereocenters. The Morgan fingerprint density at radius 1 is 1.17 bits per heavy atom. The predicted octanol–water partition coefficient (Wildman–Crippen LogP) is 2.82. The molecule has 0 N–H and O–H groups in total. The van der Waals surface area contributed by atoms with Gasteiger partial charge < -0.3 is 13.8 Å². The molecule has 1 rings (SSSR count). The van der Waals surface area contributed by atoms with Crippen LogP contribution in [-0.2, 0) is 21.5 Å². The summed E-state index contributed by atoms with van der Waals surface area (Å²) in [5, 5.41) is 0. The van der Waals surface area contributed by atoms with Gasteiger partial charge in [-0.1, -0.05) is 19.9 Å². The third-order valence-corrected chi connectivity index (χ3v) is 4.69. The fraction of sp³-hybridized carbons (Fsp3) is 0.588. The first-order chi connectivity index (χ1) is 11.1. The third kappa shape index (κ3) is 5.40. The molecule has 1 aromatic carbocycles. The number of hydrogen-bond donors (Lipinski definition) is 0. The van der Waals surface area contributed by atoms with E-state index in [1.807, 2.05) is 27.7 Å². The van der Waals surface area contributed by atoms with Gasteiger partial charge in [-0.2, -0.15) is 8.42 Å². The van der Waals surface area contributed by atoms with Gasteiger partial charge in [0.25, 0.3) is 0 Å². The summed E-state index contributed by atoms with van der Waals surface area (Å²) in [6.45, 7) is 9.49. The van der Waals surface area contributed by atoms with E-state index in [2.05, 4.69) is 0 Å². The molecule has 24 heavy (non-hydrogen) atoms. The van der Waals surface area contributed by atoms with Crippen molar-refractivity contribution in [3.63, 3.8) is 0 Å². The molecule has 0 atom stereocenters. The van der Waals surface area contributed by atoms with E-state index in [4.69, 9.17) is 8.92 Å². The zero-order chi connectivity index (χ0) is 18.5. The number of carbonyl (C=O) groups is 1. The summed E-state index contributed by atoms with van der Waals surface area (Å²) >= 11 is 0. The van der Waals surface area contributed by atoms with E-state index in [-0.39, 0.29) is 29.4 Å². The van der Waals surface area contributed by atoms with Gasteiger partial charge in [0.2, 0.25) is 5.91 Å². The number of amides is 1. The zero-order valence-corrected chi connectivity index (χ0v) is 16.0. The Labute approximate surface area is 144 Å². The molecule has 0 aliphatic heterocycles. The minimum atomic E-state index is -3.66. The van der Waals surface area contributed by atoms with Crippen molar-refractivity contribution in [2.75, 3.05) is 12.9 Å². The monoisotopic (exact) mass is 357 g/mol. The minimum Gasteiger partial charge on any atom is -0.493 e. The van der Waals surface area contributed by atoms with Gasteiger partial charge in [-0.3, -0.25) is 4.79 Å². The van der Waals surface area contributed by atoms with Crippen molar-refractivity contribution in [3.8, 4) is 11.5 Å². The lowest BCUT2D eigenvalue weighted by atomic mass is 10.1. The Bertz CT molecular complexity index is 668. The second-order valence-corrected chi connectivity index (χ2v) is 7.99. The molecule has 0 radical (unpaired) electrons. The molecule has 1 aromatic rings.